The molecule has 0 spiro atoms. The van der Waals surface area contributed by atoms with E-state index in [0.29, 0.717) is 28.8 Å². The Kier molecular flexibility index (Phi) is 6.25. The molecule has 0 aliphatic heterocycles. The van der Waals surface area contributed by atoms with Gasteiger partial charge in [-0.05, 0) is 42.8 Å². The molecule has 4 rings (SSSR count). The van der Waals surface area contributed by atoms with Crippen molar-refractivity contribution in [3.05, 3.63) is 60.6 Å². The number of pyridine rings is 2. The van der Waals surface area contributed by atoms with Gasteiger partial charge in [0.15, 0.2) is 0 Å². The van der Waals surface area contributed by atoms with Gasteiger partial charge in [0.25, 0.3) is 0 Å². The van der Waals surface area contributed by atoms with Crippen LogP contribution < -0.4 is 10.6 Å². The van der Waals surface area contributed by atoms with Crippen molar-refractivity contribution in [2.24, 2.45) is 0 Å². The number of aromatic amines is 1. The number of nitrogens with zero attached hydrogens (tertiary/aromatic N) is 3. The topological polar surface area (TPSA) is 133 Å². The highest BCUT2D eigenvalue weighted by Crippen LogP contribution is 2.33. The Labute approximate surface area is 178 Å². The summed E-state index contributed by atoms with van der Waals surface area (Å²) in [6, 6.07) is 10.1. The highest BCUT2D eigenvalue weighted by Gasteiger charge is 2.16. The maximum atomic E-state index is 11.9. The summed E-state index contributed by atoms with van der Waals surface area (Å²) >= 11 is 0. The molecule has 3 heterocycles. The molecule has 0 unspecified atom stereocenters. The van der Waals surface area contributed by atoms with Crippen LogP contribution in [0.3, 0.4) is 0 Å². The molecule has 9 nitrogen and oxygen atoms in total. The van der Waals surface area contributed by atoms with E-state index in [9.17, 15) is 14.7 Å². The summed E-state index contributed by atoms with van der Waals surface area (Å²) in [4.78, 5) is 39.4. The molecule has 0 atom stereocenters. The normalized spacial score (nSPS) is 10.4. The average Bonchev–Trinajstić information content (AvgIpc) is 3.16. The number of carbonyl (C=O) groups excluding carboxylic acids is 1. The van der Waals surface area contributed by atoms with Gasteiger partial charge >= 0.3 is 12.0 Å². The Morgan fingerprint density at radius 1 is 1.13 bits per heavy atom. The van der Waals surface area contributed by atoms with E-state index < -0.39 is 5.97 Å². The summed E-state index contributed by atoms with van der Waals surface area (Å²) < 4.78 is 0. The third kappa shape index (κ3) is 4.50. The van der Waals surface area contributed by atoms with E-state index in [0.717, 1.165) is 11.1 Å². The summed E-state index contributed by atoms with van der Waals surface area (Å²) in [7, 11) is 0. The van der Waals surface area contributed by atoms with Crippen LogP contribution in [0.25, 0.3) is 33.4 Å². The van der Waals surface area contributed by atoms with Crippen LogP contribution in [0.15, 0.2) is 55.0 Å². The van der Waals surface area contributed by atoms with Crippen LogP contribution in [-0.4, -0.2) is 43.6 Å². The second-order valence-corrected chi connectivity index (χ2v) is 6.47. The Morgan fingerprint density at radius 3 is 2.68 bits per heavy atom. The van der Waals surface area contributed by atoms with E-state index in [1.165, 1.54) is 18.3 Å². The number of aromatic carboxylic acids is 1. The highest BCUT2D eigenvalue weighted by molar-refractivity contribution is 5.99. The van der Waals surface area contributed by atoms with Crippen LogP contribution >= 0.6 is 0 Å². The maximum absolute atomic E-state index is 11.9. The standard InChI is InChI=1S/C21H18N6O3.CH4/c1-2-23-21(30)27-20-25-17-10-14(13-4-3-6-22-11-13)8-15(18(17)26-20)16-9-12(19(28)29)5-7-24-16;/h3-11H,2H2,1H3,(H,28,29)(H3,23,25,26,27,30);1H4. The van der Waals surface area contributed by atoms with Crippen LogP contribution in [0.5, 0.6) is 0 Å². The van der Waals surface area contributed by atoms with Crippen molar-refractivity contribution in [3.8, 4) is 22.4 Å². The Bertz CT molecular complexity index is 1240. The molecule has 0 saturated carbocycles. The van der Waals surface area contributed by atoms with E-state index in [1.54, 1.807) is 12.4 Å². The summed E-state index contributed by atoms with van der Waals surface area (Å²) in [5, 5.41) is 14.6. The average molecular weight is 418 g/mol. The number of aromatic nitrogens is 4. The molecule has 0 fully saturated rings. The van der Waals surface area contributed by atoms with E-state index in [2.05, 4.69) is 30.6 Å². The smallest absolute Gasteiger partial charge is 0.335 e. The van der Waals surface area contributed by atoms with Crippen LogP contribution in [-0.2, 0) is 0 Å². The quantitative estimate of drug-likeness (QED) is 0.385. The Hall–Kier alpha value is -4.27. The van der Waals surface area contributed by atoms with Gasteiger partial charge in [-0.25, -0.2) is 14.6 Å². The zero-order valence-corrected chi connectivity index (χ0v) is 16.0. The second kappa shape index (κ2) is 9.04. The molecule has 0 saturated heterocycles. The zero-order valence-electron chi connectivity index (χ0n) is 16.0. The lowest BCUT2D eigenvalue weighted by Gasteiger charge is -2.07. The summed E-state index contributed by atoms with van der Waals surface area (Å²) in [6.45, 7) is 2.30. The minimum Gasteiger partial charge on any atom is -0.478 e. The predicted octanol–water partition coefficient (Wildman–Crippen LogP) is 4.16. The number of nitrogens with one attached hydrogen (secondary N) is 3. The molecule has 0 bridgehead atoms. The number of carboxylic acid groups (broad SMARTS) is 1. The van der Waals surface area contributed by atoms with Gasteiger partial charge in [-0.15, -0.1) is 0 Å². The van der Waals surface area contributed by atoms with Crippen molar-refractivity contribution in [1.29, 1.82) is 0 Å². The zero-order chi connectivity index (χ0) is 21.1. The fraction of sp³-hybridized carbons (Fsp3) is 0.136. The van der Waals surface area contributed by atoms with E-state index in [-0.39, 0.29) is 25.0 Å². The molecule has 3 aromatic heterocycles. The first kappa shape index (κ1) is 21.4. The molecule has 4 N–H and O–H groups in total. The first-order chi connectivity index (χ1) is 14.5. The predicted molar refractivity (Wildman–Crippen MR) is 119 cm³/mol. The first-order valence-electron chi connectivity index (χ1n) is 9.24. The van der Waals surface area contributed by atoms with Crippen LogP contribution in [0.1, 0.15) is 24.7 Å². The van der Waals surface area contributed by atoms with E-state index >= 15 is 0 Å². The molecule has 158 valence electrons. The molecular weight excluding hydrogens is 396 g/mol. The van der Waals surface area contributed by atoms with Gasteiger partial charge in [-0.2, -0.15) is 0 Å². The SMILES string of the molecule is C.CCNC(=O)Nc1nc2c(-c3cc(C(=O)O)ccn3)cc(-c3cccnc3)cc2[nH]1. The van der Waals surface area contributed by atoms with Gasteiger partial charge < -0.3 is 15.4 Å². The second-order valence-electron chi connectivity index (χ2n) is 6.47. The lowest BCUT2D eigenvalue weighted by atomic mass is 10.0. The van der Waals surface area contributed by atoms with Crippen molar-refractivity contribution in [1.82, 2.24) is 25.3 Å². The van der Waals surface area contributed by atoms with Gasteiger partial charge in [0, 0.05) is 36.3 Å². The van der Waals surface area contributed by atoms with Crippen molar-refractivity contribution in [2.75, 3.05) is 11.9 Å². The minimum atomic E-state index is -1.04. The van der Waals surface area contributed by atoms with Gasteiger partial charge in [0.1, 0.15) is 0 Å². The fourth-order valence-corrected chi connectivity index (χ4v) is 3.10. The van der Waals surface area contributed by atoms with Gasteiger partial charge in [-0.3, -0.25) is 15.3 Å². The molecule has 9 heteroatoms. The molecule has 0 aliphatic rings. The van der Waals surface area contributed by atoms with Crippen molar-refractivity contribution < 1.29 is 14.7 Å². The number of rotatable bonds is 5. The Balaban J connectivity index is 0.00000272. The summed E-state index contributed by atoms with van der Waals surface area (Å²) in [5.74, 6) is -0.770. The molecule has 0 radical (unpaired) electrons. The van der Waals surface area contributed by atoms with E-state index in [4.69, 9.17) is 0 Å². The van der Waals surface area contributed by atoms with Crippen molar-refractivity contribution >= 4 is 29.0 Å². The molecular formula is C22H22N6O3. The third-order valence-electron chi connectivity index (χ3n) is 4.43. The summed E-state index contributed by atoms with van der Waals surface area (Å²) in [5.41, 5.74) is 4.17. The van der Waals surface area contributed by atoms with Gasteiger partial charge in [0.2, 0.25) is 5.95 Å². The lowest BCUT2D eigenvalue weighted by molar-refractivity contribution is 0.0696. The number of carboxylic acids is 1. The molecule has 2 amide bonds. The number of carbonyl (C=O) groups is 2. The van der Waals surface area contributed by atoms with Gasteiger partial charge in [-0.1, -0.05) is 13.5 Å². The van der Waals surface area contributed by atoms with Gasteiger partial charge in [0.05, 0.1) is 22.3 Å². The number of urea groups is 1. The third-order valence-corrected chi connectivity index (χ3v) is 4.43. The van der Waals surface area contributed by atoms with E-state index in [1.807, 2.05) is 31.2 Å². The number of amides is 2. The number of H-pyrrole nitrogens is 1. The lowest BCUT2D eigenvalue weighted by Crippen LogP contribution is -2.28. The number of hydrogen-bond donors (Lipinski definition) is 4. The maximum Gasteiger partial charge on any atom is 0.335 e. The largest absolute Gasteiger partial charge is 0.478 e. The molecule has 31 heavy (non-hydrogen) atoms. The van der Waals surface area contributed by atoms with Crippen LogP contribution in [0, 0.1) is 0 Å². The minimum absolute atomic E-state index is 0. The monoisotopic (exact) mass is 418 g/mol. The van der Waals surface area contributed by atoms with Crippen molar-refractivity contribution in [3.63, 3.8) is 0 Å². The number of imidazole rings is 1. The molecule has 0 aliphatic carbocycles. The highest BCUT2D eigenvalue weighted by atomic mass is 16.4. The number of fused-ring (bicyclic) bond motifs is 1. The first-order valence-corrected chi connectivity index (χ1v) is 9.24. The molecule has 4 aromatic rings. The molecule has 1 aromatic carbocycles. The van der Waals surface area contributed by atoms with Crippen LogP contribution in [0.2, 0.25) is 0 Å². The van der Waals surface area contributed by atoms with Crippen LogP contribution in [0.4, 0.5) is 10.7 Å². The number of benzene rings is 1. The van der Waals surface area contributed by atoms with Crippen molar-refractivity contribution in [2.45, 2.75) is 14.4 Å². The Morgan fingerprint density at radius 2 is 1.97 bits per heavy atom. The summed E-state index contributed by atoms with van der Waals surface area (Å²) in [6.07, 6.45) is 4.86. The fourth-order valence-electron chi connectivity index (χ4n) is 3.10. The number of hydrogen-bond acceptors (Lipinski definition) is 5. The number of anilines is 1.